The Morgan fingerprint density at radius 2 is 2.08 bits per heavy atom. The number of allylic oxidation sites excluding steroid dienone is 4. The Balaban J connectivity index is 1.93. The van der Waals surface area contributed by atoms with Gasteiger partial charge in [0.2, 0.25) is 0 Å². The molecule has 0 spiro atoms. The number of hydrazone groups is 1. The fourth-order valence-electron chi connectivity index (χ4n) is 2.79. The molecule has 0 heterocycles. The molecule has 0 aliphatic heterocycles. The maximum absolute atomic E-state index is 4.35. The first-order chi connectivity index (χ1) is 12.5. The van der Waals surface area contributed by atoms with Gasteiger partial charge in [0.25, 0.3) is 0 Å². The van der Waals surface area contributed by atoms with Gasteiger partial charge in [-0.05, 0) is 60.9 Å². The number of rotatable bonds is 8. The van der Waals surface area contributed by atoms with Gasteiger partial charge in [0.1, 0.15) is 0 Å². The number of nitrogens with one attached hydrogen (secondary N) is 2. The average Bonchev–Trinajstić information content (AvgIpc) is 2.66. The smallest absolute Gasteiger partial charge is 0.0562 e. The molecule has 0 saturated heterocycles. The first-order valence-corrected chi connectivity index (χ1v) is 8.97. The third kappa shape index (κ3) is 5.92. The molecule has 1 aromatic rings. The van der Waals surface area contributed by atoms with Crippen LogP contribution in [0.1, 0.15) is 37.3 Å². The summed E-state index contributed by atoms with van der Waals surface area (Å²) in [6, 6.07) is 8.15. The first-order valence-electron chi connectivity index (χ1n) is 8.97. The predicted octanol–water partition coefficient (Wildman–Crippen LogP) is 5.28. The van der Waals surface area contributed by atoms with Crippen LogP contribution in [0.25, 0.3) is 11.8 Å². The summed E-state index contributed by atoms with van der Waals surface area (Å²) in [6.07, 6.45) is 11.4. The Morgan fingerprint density at radius 3 is 2.73 bits per heavy atom. The van der Waals surface area contributed by atoms with E-state index in [1.54, 1.807) is 0 Å². The van der Waals surface area contributed by atoms with Crippen molar-refractivity contribution in [3.63, 3.8) is 0 Å². The van der Waals surface area contributed by atoms with E-state index in [0.29, 0.717) is 5.92 Å². The molecule has 1 unspecified atom stereocenters. The second kappa shape index (κ2) is 9.62. The molecule has 2 rings (SSSR count). The molecule has 136 valence electrons. The van der Waals surface area contributed by atoms with Crippen molar-refractivity contribution in [1.82, 2.24) is 10.7 Å². The summed E-state index contributed by atoms with van der Waals surface area (Å²) >= 11 is 0. The Kier molecular flexibility index (Phi) is 7.22. The van der Waals surface area contributed by atoms with Gasteiger partial charge in [0, 0.05) is 12.7 Å². The van der Waals surface area contributed by atoms with E-state index in [0.717, 1.165) is 41.8 Å². The molecule has 2 N–H and O–H groups in total. The van der Waals surface area contributed by atoms with Crippen molar-refractivity contribution in [1.29, 1.82) is 0 Å². The molecule has 0 bridgehead atoms. The molecular weight excluding hydrogens is 318 g/mol. The van der Waals surface area contributed by atoms with Gasteiger partial charge in [-0.15, -0.1) is 0 Å². The normalized spacial score (nSPS) is 17.2. The largest absolute Gasteiger partial charge is 0.389 e. The van der Waals surface area contributed by atoms with Crippen LogP contribution in [0.5, 0.6) is 0 Å². The van der Waals surface area contributed by atoms with E-state index < -0.39 is 0 Å². The van der Waals surface area contributed by atoms with Crippen LogP contribution in [0.2, 0.25) is 0 Å². The minimum Gasteiger partial charge on any atom is -0.389 e. The average molecular weight is 348 g/mol. The van der Waals surface area contributed by atoms with E-state index in [9.17, 15) is 0 Å². The van der Waals surface area contributed by atoms with Gasteiger partial charge < -0.3 is 5.32 Å². The summed E-state index contributed by atoms with van der Waals surface area (Å²) in [5.41, 5.74) is 9.34. The zero-order chi connectivity index (χ0) is 18.9. The van der Waals surface area contributed by atoms with Gasteiger partial charge in [0.05, 0.1) is 11.9 Å². The Hall–Kier alpha value is -2.81. The lowest BCUT2D eigenvalue weighted by atomic mass is 9.86. The maximum atomic E-state index is 4.35. The first kappa shape index (κ1) is 19.5. The topological polar surface area (TPSA) is 36.4 Å². The van der Waals surface area contributed by atoms with Crippen LogP contribution in [-0.4, -0.2) is 13.3 Å². The zero-order valence-corrected chi connectivity index (χ0v) is 15.9. The SMILES string of the molecule is C=C(/C=C/c1cccc(C(=C)N/N=C/C2=CCC(C(=C)C)CC2)c1)NC. The fraction of sp³-hybridized carbons (Fsp3) is 0.261. The van der Waals surface area contributed by atoms with Crippen molar-refractivity contribution in [2.24, 2.45) is 11.0 Å². The van der Waals surface area contributed by atoms with Gasteiger partial charge in [-0.25, -0.2) is 0 Å². The number of hydrogen-bond acceptors (Lipinski definition) is 3. The van der Waals surface area contributed by atoms with E-state index in [4.69, 9.17) is 0 Å². The van der Waals surface area contributed by atoms with E-state index in [1.165, 1.54) is 11.1 Å². The van der Waals surface area contributed by atoms with Crippen molar-refractivity contribution < 1.29 is 0 Å². The van der Waals surface area contributed by atoms with Crippen molar-refractivity contribution in [3.8, 4) is 0 Å². The van der Waals surface area contributed by atoms with Gasteiger partial charge in [-0.2, -0.15) is 5.10 Å². The van der Waals surface area contributed by atoms with Crippen LogP contribution in [0, 0.1) is 5.92 Å². The van der Waals surface area contributed by atoms with Crippen LogP contribution in [0.15, 0.2) is 78.1 Å². The van der Waals surface area contributed by atoms with E-state index >= 15 is 0 Å². The second-order valence-corrected chi connectivity index (χ2v) is 6.68. The highest BCUT2D eigenvalue weighted by molar-refractivity contribution is 5.79. The molecule has 26 heavy (non-hydrogen) atoms. The monoisotopic (exact) mass is 347 g/mol. The predicted molar refractivity (Wildman–Crippen MR) is 115 cm³/mol. The van der Waals surface area contributed by atoms with E-state index in [-0.39, 0.29) is 0 Å². The number of nitrogens with zero attached hydrogens (tertiary/aromatic N) is 1. The standard InChI is InChI=1S/C23H29N3/c1-17(2)22-13-11-21(12-14-22)16-25-26-19(4)23-8-6-7-20(15-23)10-9-18(3)24-5/h6-11,15-16,22,24,26H,1,3-4,12-14H2,2,5H3/b10-9+,25-16+. The number of benzene rings is 1. The summed E-state index contributed by atoms with van der Waals surface area (Å²) < 4.78 is 0. The Bertz CT molecular complexity index is 765. The van der Waals surface area contributed by atoms with Gasteiger partial charge in [0.15, 0.2) is 0 Å². The third-order valence-corrected chi connectivity index (χ3v) is 4.61. The van der Waals surface area contributed by atoms with Crippen LogP contribution < -0.4 is 10.7 Å². The molecule has 3 nitrogen and oxygen atoms in total. The highest BCUT2D eigenvalue weighted by Gasteiger charge is 2.13. The van der Waals surface area contributed by atoms with E-state index in [1.807, 2.05) is 43.6 Å². The molecule has 0 amide bonds. The molecular formula is C23H29N3. The van der Waals surface area contributed by atoms with Crippen LogP contribution in [0.3, 0.4) is 0 Å². The maximum Gasteiger partial charge on any atom is 0.0562 e. The second-order valence-electron chi connectivity index (χ2n) is 6.68. The lowest BCUT2D eigenvalue weighted by Gasteiger charge is -2.20. The highest BCUT2D eigenvalue weighted by atomic mass is 15.3. The molecule has 0 fully saturated rings. The third-order valence-electron chi connectivity index (χ3n) is 4.61. The lowest BCUT2D eigenvalue weighted by Crippen LogP contribution is -2.09. The summed E-state index contributed by atoms with van der Waals surface area (Å²) in [6.45, 7) is 14.1. The lowest BCUT2D eigenvalue weighted by molar-refractivity contribution is 0.548. The zero-order valence-electron chi connectivity index (χ0n) is 15.9. The molecule has 1 atom stereocenters. The van der Waals surface area contributed by atoms with Crippen molar-refractivity contribution in [2.75, 3.05) is 7.05 Å². The molecule has 0 radical (unpaired) electrons. The quantitative estimate of drug-likeness (QED) is 0.290. The fourth-order valence-corrected chi connectivity index (χ4v) is 2.79. The minimum atomic E-state index is 0.616. The summed E-state index contributed by atoms with van der Waals surface area (Å²) in [5, 5.41) is 7.35. The molecule has 0 aromatic heterocycles. The van der Waals surface area contributed by atoms with E-state index in [2.05, 4.69) is 54.6 Å². The van der Waals surface area contributed by atoms with Crippen molar-refractivity contribution in [2.45, 2.75) is 26.2 Å². The van der Waals surface area contributed by atoms with Crippen LogP contribution in [0.4, 0.5) is 0 Å². The summed E-state index contributed by atoms with van der Waals surface area (Å²) in [4.78, 5) is 0. The van der Waals surface area contributed by atoms with Gasteiger partial charge >= 0.3 is 0 Å². The highest BCUT2D eigenvalue weighted by Crippen LogP contribution is 2.27. The molecule has 1 aliphatic carbocycles. The number of likely N-dealkylation sites (N-methyl/N-ethyl adjacent to an activating group) is 1. The van der Waals surface area contributed by atoms with Crippen molar-refractivity contribution >= 4 is 18.0 Å². The van der Waals surface area contributed by atoms with Crippen molar-refractivity contribution in [3.05, 3.63) is 84.1 Å². The van der Waals surface area contributed by atoms with Crippen LogP contribution in [-0.2, 0) is 0 Å². The summed E-state index contributed by atoms with van der Waals surface area (Å²) in [5.74, 6) is 0.616. The Labute approximate surface area is 157 Å². The van der Waals surface area contributed by atoms with Gasteiger partial charge in [-0.3, -0.25) is 5.43 Å². The Morgan fingerprint density at radius 1 is 1.27 bits per heavy atom. The number of hydrogen-bond donors (Lipinski definition) is 2. The van der Waals surface area contributed by atoms with Gasteiger partial charge in [-0.1, -0.05) is 55.7 Å². The summed E-state index contributed by atoms with van der Waals surface area (Å²) in [7, 11) is 1.85. The molecule has 3 heteroatoms. The minimum absolute atomic E-state index is 0.616. The molecule has 1 aliphatic rings. The molecule has 1 aromatic carbocycles. The molecule has 0 saturated carbocycles. The van der Waals surface area contributed by atoms with Crippen LogP contribution >= 0.6 is 0 Å².